The number of esters is 2. The average molecular weight is 210 g/mol. The molecule has 2 rings (SSSR count). The van der Waals surface area contributed by atoms with E-state index in [1.165, 1.54) is 6.26 Å². The minimum Gasteiger partial charge on any atom is -0.462 e. The Hall–Kier alpha value is -1.78. The summed E-state index contributed by atoms with van der Waals surface area (Å²) in [5.41, 5.74) is 0.969. The molecule has 0 aromatic heterocycles. The fraction of sp³-hybridized carbons (Fsp3) is 0.400. The summed E-state index contributed by atoms with van der Waals surface area (Å²) in [6.45, 7) is 2.02. The lowest BCUT2D eigenvalue weighted by Gasteiger charge is -2.07. The van der Waals surface area contributed by atoms with E-state index in [2.05, 4.69) is 0 Å². The van der Waals surface area contributed by atoms with Gasteiger partial charge in [-0.2, -0.15) is 0 Å². The summed E-state index contributed by atoms with van der Waals surface area (Å²) < 4.78 is 14.6. The van der Waals surface area contributed by atoms with Gasteiger partial charge in [0.05, 0.1) is 18.4 Å². The first-order chi connectivity index (χ1) is 7.16. The summed E-state index contributed by atoms with van der Waals surface area (Å²) in [7, 11) is 0. The lowest BCUT2D eigenvalue weighted by Crippen LogP contribution is -2.10. The Bertz CT molecular complexity index is 366. The van der Waals surface area contributed by atoms with Gasteiger partial charge in [-0.25, -0.2) is 9.59 Å². The predicted molar refractivity (Wildman–Crippen MR) is 48.4 cm³/mol. The van der Waals surface area contributed by atoms with Crippen LogP contribution in [0.15, 0.2) is 23.5 Å². The summed E-state index contributed by atoms with van der Waals surface area (Å²) in [5.74, 6) is -0.771. The van der Waals surface area contributed by atoms with E-state index in [-0.39, 0.29) is 5.97 Å². The average Bonchev–Trinajstić information content (AvgIpc) is 2.72. The van der Waals surface area contributed by atoms with E-state index in [0.717, 1.165) is 0 Å². The summed E-state index contributed by atoms with van der Waals surface area (Å²) in [6, 6.07) is 0. The van der Waals surface area contributed by atoms with Crippen molar-refractivity contribution in [2.75, 3.05) is 6.61 Å². The topological polar surface area (TPSA) is 61.8 Å². The molecule has 2 aliphatic rings. The quantitative estimate of drug-likeness (QED) is 0.380. The van der Waals surface area contributed by atoms with Crippen molar-refractivity contribution in [1.29, 1.82) is 0 Å². The second-order valence-corrected chi connectivity index (χ2v) is 3.29. The molecular formula is C10H10O5. The largest absolute Gasteiger partial charge is 0.462 e. The Morgan fingerprint density at radius 3 is 2.80 bits per heavy atom. The minimum atomic E-state index is -0.724. The number of carbonyl (C=O) groups is 2. The van der Waals surface area contributed by atoms with E-state index in [4.69, 9.17) is 14.2 Å². The number of carbonyl (C=O) groups excluding carboxylic acids is 2. The molecule has 0 aromatic rings. The fourth-order valence-electron chi connectivity index (χ4n) is 1.28. The van der Waals surface area contributed by atoms with E-state index in [1.807, 2.05) is 0 Å². The second-order valence-electron chi connectivity index (χ2n) is 3.29. The Kier molecular flexibility index (Phi) is 2.45. The van der Waals surface area contributed by atoms with Gasteiger partial charge in [0.15, 0.2) is 0 Å². The minimum absolute atomic E-state index is 0.375. The van der Waals surface area contributed by atoms with Crippen LogP contribution < -0.4 is 0 Å². The molecule has 2 heterocycles. The molecule has 0 amide bonds. The van der Waals surface area contributed by atoms with Gasteiger partial charge in [-0.15, -0.1) is 0 Å². The molecule has 5 nitrogen and oxygen atoms in total. The highest BCUT2D eigenvalue weighted by atomic mass is 16.7. The standard InChI is InChI=1S/C10H10O5/c1-6-4-8(15-9(6)11)14-5-7-2-3-13-10(7)12/h4-5,8H,2-3H2,1H3/b7-5+/t8-/m0/s1. The second kappa shape index (κ2) is 3.76. The molecular weight excluding hydrogens is 200 g/mol. The molecule has 15 heavy (non-hydrogen) atoms. The van der Waals surface area contributed by atoms with Gasteiger partial charge in [-0.1, -0.05) is 0 Å². The molecule has 1 atom stereocenters. The van der Waals surface area contributed by atoms with Gasteiger partial charge in [0.1, 0.15) is 0 Å². The van der Waals surface area contributed by atoms with Crippen molar-refractivity contribution in [3.63, 3.8) is 0 Å². The lowest BCUT2D eigenvalue weighted by molar-refractivity contribution is -0.152. The van der Waals surface area contributed by atoms with Crippen molar-refractivity contribution in [2.45, 2.75) is 19.6 Å². The van der Waals surface area contributed by atoms with Crippen molar-refractivity contribution >= 4 is 11.9 Å². The Labute approximate surface area is 86.3 Å². The van der Waals surface area contributed by atoms with Crippen LogP contribution in [0, 0.1) is 0 Å². The van der Waals surface area contributed by atoms with Gasteiger partial charge >= 0.3 is 11.9 Å². The molecule has 1 saturated heterocycles. The molecule has 0 unspecified atom stereocenters. The zero-order valence-electron chi connectivity index (χ0n) is 8.19. The highest BCUT2D eigenvalue weighted by Gasteiger charge is 2.24. The third kappa shape index (κ3) is 2.01. The molecule has 0 saturated carbocycles. The molecule has 0 bridgehead atoms. The van der Waals surface area contributed by atoms with Crippen molar-refractivity contribution in [3.8, 4) is 0 Å². The third-order valence-electron chi connectivity index (χ3n) is 2.14. The number of ether oxygens (including phenoxy) is 3. The maximum absolute atomic E-state index is 11.0. The molecule has 1 fully saturated rings. The zero-order chi connectivity index (χ0) is 10.8. The van der Waals surface area contributed by atoms with Gasteiger partial charge in [-0.05, 0) is 6.92 Å². The number of rotatable bonds is 2. The van der Waals surface area contributed by atoms with Gasteiger partial charge in [0, 0.05) is 18.1 Å². The number of hydrogen-bond donors (Lipinski definition) is 0. The maximum Gasteiger partial charge on any atom is 0.337 e. The molecule has 2 aliphatic heterocycles. The van der Waals surface area contributed by atoms with E-state index in [0.29, 0.717) is 24.2 Å². The van der Waals surface area contributed by atoms with Gasteiger partial charge in [0.25, 0.3) is 6.29 Å². The Balaban J connectivity index is 1.94. The van der Waals surface area contributed by atoms with Crippen LogP contribution in [0.5, 0.6) is 0 Å². The van der Waals surface area contributed by atoms with Crippen LogP contribution in [0.25, 0.3) is 0 Å². The lowest BCUT2D eigenvalue weighted by atomic mass is 10.2. The Morgan fingerprint density at radius 2 is 2.27 bits per heavy atom. The number of hydrogen-bond acceptors (Lipinski definition) is 5. The van der Waals surface area contributed by atoms with Crippen molar-refractivity contribution in [3.05, 3.63) is 23.5 Å². The molecule has 0 spiro atoms. The molecule has 0 radical (unpaired) electrons. The van der Waals surface area contributed by atoms with Crippen LogP contribution in [0.1, 0.15) is 13.3 Å². The van der Waals surface area contributed by atoms with Crippen molar-refractivity contribution in [1.82, 2.24) is 0 Å². The maximum atomic E-state index is 11.0. The molecule has 0 aromatic carbocycles. The van der Waals surface area contributed by atoms with Crippen LogP contribution in [0.2, 0.25) is 0 Å². The van der Waals surface area contributed by atoms with Gasteiger partial charge in [-0.3, -0.25) is 0 Å². The van der Waals surface area contributed by atoms with Crippen LogP contribution >= 0.6 is 0 Å². The molecule has 0 N–H and O–H groups in total. The normalized spacial score (nSPS) is 27.7. The predicted octanol–water partition coefficient (Wildman–Crippen LogP) is 0.663. The van der Waals surface area contributed by atoms with Crippen LogP contribution in [0.4, 0.5) is 0 Å². The monoisotopic (exact) mass is 210 g/mol. The fourth-order valence-corrected chi connectivity index (χ4v) is 1.28. The molecule has 0 aliphatic carbocycles. The summed E-state index contributed by atoms with van der Waals surface area (Å²) in [5, 5.41) is 0. The van der Waals surface area contributed by atoms with Gasteiger partial charge in [0.2, 0.25) is 0 Å². The van der Waals surface area contributed by atoms with Crippen LogP contribution in [-0.2, 0) is 23.8 Å². The molecule has 5 heteroatoms. The number of cyclic esters (lactones) is 2. The first-order valence-electron chi connectivity index (χ1n) is 4.58. The molecule has 80 valence electrons. The van der Waals surface area contributed by atoms with Crippen molar-refractivity contribution in [2.24, 2.45) is 0 Å². The summed E-state index contributed by atoms with van der Waals surface area (Å²) in [4.78, 5) is 22.0. The van der Waals surface area contributed by atoms with Crippen molar-refractivity contribution < 1.29 is 23.8 Å². The van der Waals surface area contributed by atoms with Crippen LogP contribution in [0.3, 0.4) is 0 Å². The summed E-state index contributed by atoms with van der Waals surface area (Å²) >= 11 is 0. The smallest absolute Gasteiger partial charge is 0.337 e. The highest BCUT2D eigenvalue weighted by molar-refractivity contribution is 5.90. The zero-order valence-corrected chi connectivity index (χ0v) is 8.19. The first kappa shape index (κ1) is 9.76. The van der Waals surface area contributed by atoms with E-state index in [1.54, 1.807) is 13.0 Å². The Morgan fingerprint density at radius 1 is 1.47 bits per heavy atom. The first-order valence-corrected chi connectivity index (χ1v) is 4.58. The van der Waals surface area contributed by atoms with E-state index >= 15 is 0 Å². The highest BCUT2D eigenvalue weighted by Crippen LogP contribution is 2.17. The van der Waals surface area contributed by atoms with E-state index in [9.17, 15) is 9.59 Å². The van der Waals surface area contributed by atoms with Gasteiger partial charge < -0.3 is 14.2 Å². The van der Waals surface area contributed by atoms with Crippen LogP contribution in [-0.4, -0.2) is 24.8 Å². The van der Waals surface area contributed by atoms with E-state index < -0.39 is 12.3 Å². The third-order valence-corrected chi connectivity index (χ3v) is 2.14. The SMILES string of the molecule is CC1=C[C@@H](O/C=C2\CCOC2=O)OC1=O. The summed E-state index contributed by atoms with van der Waals surface area (Å²) in [6.07, 6.45) is 2.66.